The van der Waals surface area contributed by atoms with Crippen LogP contribution in [0.4, 0.5) is 0 Å². The van der Waals surface area contributed by atoms with E-state index in [9.17, 15) is 4.79 Å². The molecule has 0 unspecified atom stereocenters. The highest BCUT2D eigenvalue weighted by atomic mass is 16.2. The van der Waals surface area contributed by atoms with Crippen LogP contribution in [0.3, 0.4) is 0 Å². The molecule has 0 atom stereocenters. The summed E-state index contributed by atoms with van der Waals surface area (Å²) in [6.07, 6.45) is 4.24. The van der Waals surface area contributed by atoms with Crippen LogP contribution in [-0.2, 0) is 4.79 Å². The zero-order chi connectivity index (χ0) is 10.4. The summed E-state index contributed by atoms with van der Waals surface area (Å²) in [6, 6.07) is 2.01. The van der Waals surface area contributed by atoms with Gasteiger partial charge in [-0.2, -0.15) is 5.26 Å². The van der Waals surface area contributed by atoms with Gasteiger partial charge >= 0.3 is 0 Å². The molecule has 3 heteroatoms. The lowest BCUT2D eigenvalue weighted by atomic mass is 9.94. The first-order valence-electron chi connectivity index (χ1n) is 5.42. The van der Waals surface area contributed by atoms with Gasteiger partial charge in [0.1, 0.15) is 0 Å². The van der Waals surface area contributed by atoms with E-state index in [1.165, 1.54) is 6.42 Å². The molecule has 0 aliphatic carbocycles. The molecule has 78 valence electrons. The Balaban J connectivity index is 2.27. The van der Waals surface area contributed by atoms with E-state index in [-0.39, 0.29) is 5.91 Å². The van der Waals surface area contributed by atoms with E-state index in [4.69, 9.17) is 5.26 Å². The number of amides is 1. The van der Waals surface area contributed by atoms with Crippen LogP contribution >= 0.6 is 0 Å². The van der Waals surface area contributed by atoms with Crippen LogP contribution in [0.2, 0.25) is 0 Å². The van der Waals surface area contributed by atoms with Crippen molar-refractivity contribution in [1.29, 1.82) is 5.26 Å². The zero-order valence-electron chi connectivity index (χ0n) is 8.83. The van der Waals surface area contributed by atoms with Gasteiger partial charge in [-0.3, -0.25) is 4.79 Å². The van der Waals surface area contributed by atoms with E-state index in [1.807, 2.05) is 11.0 Å². The summed E-state index contributed by atoms with van der Waals surface area (Å²) in [5, 5.41) is 8.37. The minimum Gasteiger partial charge on any atom is -0.343 e. The molecule has 0 aromatic rings. The molecule has 0 N–H and O–H groups in total. The van der Waals surface area contributed by atoms with Gasteiger partial charge in [0.05, 0.1) is 6.07 Å². The lowest BCUT2D eigenvalue weighted by Crippen LogP contribution is -2.38. The Morgan fingerprint density at radius 3 is 2.64 bits per heavy atom. The van der Waals surface area contributed by atoms with Gasteiger partial charge in [0.25, 0.3) is 0 Å². The van der Waals surface area contributed by atoms with Crippen LogP contribution in [0.15, 0.2) is 0 Å². The molecule has 1 rings (SSSR count). The maximum absolute atomic E-state index is 11.5. The quantitative estimate of drug-likeness (QED) is 0.689. The Labute approximate surface area is 85.7 Å². The van der Waals surface area contributed by atoms with Crippen molar-refractivity contribution in [2.24, 2.45) is 5.92 Å². The molecule has 1 amide bonds. The standard InChI is InChI=1S/C11H18N2O/c1-2-10-5-8-13(9-6-10)11(14)4-3-7-12/h10H,2-6,8-9H2,1H3. The lowest BCUT2D eigenvalue weighted by Gasteiger charge is -2.31. The Morgan fingerprint density at radius 2 is 2.14 bits per heavy atom. The molecule has 0 aromatic heterocycles. The third-order valence-electron chi connectivity index (χ3n) is 3.00. The van der Waals surface area contributed by atoms with Crippen LogP contribution in [0.5, 0.6) is 0 Å². The molecule has 0 saturated carbocycles. The average Bonchev–Trinajstić information content (AvgIpc) is 2.26. The number of nitrogens with zero attached hydrogens (tertiary/aromatic N) is 2. The minimum absolute atomic E-state index is 0.154. The van der Waals surface area contributed by atoms with Crippen molar-refractivity contribution in [3.05, 3.63) is 0 Å². The summed E-state index contributed by atoms with van der Waals surface area (Å²) in [5.41, 5.74) is 0. The van der Waals surface area contributed by atoms with Crippen LogP contribution < -0.4 is 0 Å². The zero-order valence-corrected chi connectivity index (χ0v) is 8.83. The second-order valence-corrected chi connectivity index (χ2v) is 3.89. The summed E-state index contributed by atoms with van der Waals surface area (Å²) < 4.78 is 0. The molecule has 1 aliphatic heterocycles. The number of hydrogen-bond acceptors (Lipinski definition) is 2. The van der Waals surface area contributed by atoms with E-state index < -0.39 is 0 Å². The van der Waals surface area contributed by atoms with Gasteiger partial charge in [-0.1, -0.05) is 13.3 Å². The van der Waals surface area contributed by atoms with Crippen molar-refractivity contribution < 1.29 is 4.79 Å². The second-order valence-electron chi connectivity index (χ2n) is 3.89. The molecule has 14 heavy (non-hydrogen) atoms. The molecule has 0 radical (unpaired) electrons. The van der Waals surface area contributed by atoms with E-state index in [2.05, 4.69) is 6.92 Å². The molecule has 0 bridgehead atoms. The van der Waals surface area contributed by atoms with Crippen LogP contribution in [0, 0.1) is 17.2 Å². The predicted octanol–water partition coefficient (Wildman–Crippen LogP) is 1.94. The Kier molecular flexibility index (Phi) is 4.45. The molecule has 1 heterocycles. The Hall–Kier alpha value is -1.04. The highest BCUT2D eigenvalue weighted by molar-refractivity contribution is 5.76. The maximum Gasteiger partial charge on any atom is 0.223 e. The van der Waals surface area contributed by atoms with Gasteiger partial charge in [-0.15, -0.1) is 0 Å². The fourth-order valence-corrected chi connectivity index (χ4v) is 1.91. The third kappa shape index (κ3) is 3.02. The number of piperidine rings is 1. The number of carbonyl (C=O) groups excluding carboxylic acids is 1. The monoisotopic (exact) mass is 194 g/mol. The van der Waals surface area contributed by atoms with Gasteiger partial charge < -0.3 is 4.90 Å². The summed E-state index contributed by atoms with van der Waals surface area (Å²) in [6.45, 7) is 3.99. The molecule has 0 spiro atoms. The van der Waals surface area contributed by atoms with Crippen molar-refractivity contribution in [2.75, 3.05) is 13.1 Å². The van der Waals surface area contributed by atoms with Crippen molar-refractivity contribution in [3.63, 3.8) is 0 Å². The van der Waals surface area contributed by atoms with E-state index in [1.54, 1.807) is 0 Å². The fourth-order valence-electron chi connectivity index (χ4n) is 1.91. The van der Waals surface area contributed by atoms with Crippen molar-refractivity contribution in [3.8, 4) is 6.07 Å². The molecular formula is C11H18N2O. The maximum atomic E-state index is 11.5. The van der Waals surface area contributed by atoms with Crippen LogP contribution in [0.25, 0.3) is 0 Å². The average molecular weight is 194 g/mol. The number of hydrogen-bond donors (Lipinski definition) is 0. The topological polar surface area (TPSA) is 44.1 Å². The van der Waals surface area contributed by atoms with Crippen LogP contribution in [0.1, 0.15) is 39.0 Å². The lowest BCUT2D eigenvalue weighted by molar-refractivity contribution is -0.132. The summed E-state index contributed by atoms with van der Waals surface area (Å²) >= 11 is 0. The molecule has 1 aliphatic rings. The third-order valence-corrected chi connectivity index (χ3v) is 3.00. The Morgan fingerprint density at radius 1 is 1.50 bits per heavy atom. The molecular weight excluding hydrogens is 176 g/mol. The number of rotatable bonds is 3. The van der Waals surface area contributed by atoms with Crippen LogP contribution in [-0.4, -0.2) is 23.9 Å². The fraction of sp³-hybridized carbons (Fsp3) is 0.818. The number of nitriles is 1. The van der Waals surface area contributed by atoms with Gasteiger partial charge in [-0.25, -0.2) is 0 Å². The second kappa shape index (κ2) is 5.64. The Bertz CT molecular complexity index is 224. The smallest absolute Gasteiger partial charge is 0.223 e. The number of likely N-dealkylation sites (tertiary alicyclic amines) is 1. The largest absolute Gasteiger partial charge is 0.343 e. The summed E-state index contributed by atoms with van der Waals surface area (Å²) in [5.74, 6) is 0.955. The van der Waals surface area contributed by atoms with Gasteiger partial charge in [0.15, 0.2) is 0 Å². The normalized spacial score (nSPS) is 17.9. The minimum atomic E-state index is 0.154. The van der Waals surface area contributed by atoms with Gasteiger partial charge in [0.2, 0.25) is 5.91 Å². The first-order chi connectivity index (χ1) is 6.77. The van der Waals surface area contributed by atoms with E-state index >= 15 is 0 Å². The first-order valence-corrected chi connectivity index (χ1v) is 5.42. The molecule has 3 nitrogen and oxygen atoms in total. The highest BCUT2D eigenvalue weighted by Gasteiger charge is 2.20. The summed E-state index contributed by atoms with van der Waals surface area (Å²) in [7, 11) is 0. The van der Waals surface area contributed by atoms with Crippen molar-refractivity contribution in [1.82, 2.24) is 4.90 Å². The first kappa shape index (κ1) is 11.0. The summed E-state index contributed by atoms with van der Waals surface area (Å²) in [4.78, 5) is 13.4. The molecule has 1 saturated heterocycles. The van der Waals surface area contributed by atoms with E-state index in [0.29, 0.717) is 12.8 Å². The molecule has 0 aromatic carbocycles. The van der Waals surface area contributed by atoms with E-state index in [0.717, 1.165) is 31.8 Å². The van der Waals surface area contributed by atoms with Gasteiger partial charge in [-0.05, 0) is 18.8 Å². The van der Waals surface area contributed by atoms with Crippen molar-refractivity contribution in [2.45, 2.75) is 39.0 Å². The number of carbonyl (C=O) groups is 1. The predicted molar refractivity (Wildman–Crippen MR) is 54.4 cm³/mol. The molecule has 1 fully saturated rings. The van der Waals surface area contributed by atoms with Gasteiger partial charge in [0, 0.05) is 25.9 Å². The van der Waals surface area contributed by atoms with Crippen molar-refractivity contribution >= 4 is 5.91 Å². The highest BCUT2D eigenvalue weighted by Crippen LogP contribution is 2.20. The SMILES string of the molecule is CCC1CCN(C(=O)CCC#N)CC1.